The Bertz CT molecular complexity index is 573. The molecule has 3 heterocycles. The van der Waals surface area contributed by atoms with Gasteiger partial charge in [-0.3, -0.25) is 4.79 Å². The van der Waals surface area contributed by atoms with E-state index in [0.717, 1.165) is 56.2 Å². The minimum Gasteiger partial charge on any atom is -0.356 e. The van der Waals surface area contributed by atoms with Crippen LogP contribution in [0.15, 0.2) is 18.3 Å². The van der Waals surface area contributed by atoms with E-state index < -0.39 is 11.7 Å². The van der Waals surface area contributed by atoms with E-state index in [-0.39, 0.29) is 11.8 Å². The third-order valence-corrected chi connectivity index (χ3v) is 5.44. The van der Waals surface area contributed by atoms with Crippen molar-refractivity contribution >= 4 is 23.5 Å². The number of rotatable bonds is 2. The molecule has 24 heavy (non-hydrogen) atoms. The van der Waals surface area contributed by atoms with Crippen LogP contribution in [-0.4, -0.2) is 53.5 Å². The topological polar surface area (TPSA) is 36.4 Å². The Morgan fingerprint density at radius 1 is 1.21 bits per heavy atom. The zero-order chi connectivity index (χ0) is 17.2. The molecule has 0 aromatic carbocycles. The lowest BCUT2D eigenvalue weighted by Gasteiger charge is -2.36. The lowest BCUT2D eigenvalue weighted by Crippen LogP contribution is -2.47. The first-order valence-electron chi connectivity index (χ1n) is 8.10. The van der Waals surface area contributed by atoms with E-state index in [1.165, 1.54) is 6.07 Å². The van der Waals surface area contributed by atoms with Crippen LogP contribution in [0, 0.1) is 5.92 Å². The molecular weight excluding hydrogens is 339 g/mol. The molecule has 132 valence electrons. The number of amides is 1. The fourth-order valence-electron chi connectivity index (χ4n) is 3.17. The van der Waals surface area contributed by atoms with Crippen molar-refractivity contribution in [3.8, 4) is 0 Å². The Hall–Kier alpha value is -1.44. The monoisotopic (exact) mass is 359 g/mol. The summed E-state index contributed by atoms with van der Waals surface area (Å²) in [5.41, 5.74) is -0.748. The van der Waals surface area contributed by atoms with Crippen LogP contribution in [0.2, 0.25) is 0 Å². The zero-order valence-corrected chi connectivity index (χ0v) is 14.1. The number of alkyl halides is 3. The molecule has 0 N–H and O–H groups in total. The number of thioether (sulfide) groups is 1. The predicted octanol–water partition coefficient (Wildman–Crippen LogP) is 2.89. The summed E-state index contributed by atoms with van der Waals surface area (Å²) in [4.78, 5) is 20.4. The fourth-order valence-corrected chi connectivity index (χ4v) is 4.07. The Kier molecular flexibility index (Phi) is 5.22. The summed E-state index contributed by atoms with van der Waals surface area (Å²) in [5.74, 6) is 2.54. The zero-order valence-electron chi connectivity index (χ0n) is 13.3. The Labute approximate surface area is 143 Å². The summed E-state index contributed by atoms with van der Waals surface area (Å²) in [6, 6.07) is 2.45. The second-order valence-corrected chi connectivity index (χ2v) is 7.35. The summed E-state index contributed by atoms with van der Waals surface area (Å²) in [7, 11) is 0. The number of aromatic nitrogens is 1. The van der Waals surface area contributed by atoms with Gasteiger partial charge < -0.3 is 9.80 Å². The van der Waals surface area contributed by atoms with Crippen LogP contribution in [0.25, 0.3) is 0 Å². The third-order valence-electron chi connectivity index (χ3n) is 4.49. The maximum Gasteiger partial charge on any atom is 0.417 e. The minimum atomic E-state index is -4.38. The first kappa shape index (κ1) is 17.4. The number of piperidine rings is 1. The number of hydrogen-bond donors (Lipinski definition) is 0. The molecule has 2 aliphatic heterocycles. The maximum absolute atomic E-state index is 12.6. The van der Waals surface area contributed by atoms with Gasteiger partial charge in [-0.05, 0) is 25.0 Å². The molecule has 1 aromatic rings. The van der Waals surface area contributed by atoms with Gasteiger partial charge in [0, 0.05) is 43.9 Å². The van der Waals surface area contributed by atoms with Crippen molar-refractivity contribution in [2.45, 2.75) is 19.0 Å². The van der Waals surface area contributed by atoms with Gasteiger partial charge in [0.15, 0.2) is 0 Å². The van der Waals surface area contributed by atoms with Crippen LogP contribution < -0.4 is 4.90 Å². The molecule has 4 nitrogen and oxygen atoms in total. The fraction of sp³-hybridized carbons (Fsp3) is 0.625. The van der Waals surface area contributed by atoms with E-state index in [9.17, 15) is 18.0 Å². The predicted molar refractivity (Wildman–Crippen MR) is 88.1 cm³/mol. The molecule has 0 bridgehead atoms. The molecule has 8 heteroatoms. The number of nitrogens with zero attached hydrogens (tertiary/aromatic N) is 3. The van der Waals surface area contributed by atoms with Crippen molar-refractivity contribution in [3.63, 3.8) is 0 Å². The van der Waals surface area contributed by atoms with Crippen LogP contribution in [0.3, 0.4) is 0 Å². The highest BCUT2D eigenvalue weighted by Crippen LogP contribution is 2.30. The van der Waals surface area contributed by atoms with Gasteiger partial charge >= 0.3 is 6.18 Å². The molecule has 0 aliphatic carbocycles. The second-order valence-electron chi connectivity index (χ2n) is 6.13. The van der Waals surface area contributed by atoms with E-state index in [1.807, 2.05) is 21.6 Å². The molecule has 1 atom stereocenters. The van der Waals surface area contributed by atoms with Gasteiger partial charge in [0.1, 0.15) is 5.82 Å². The van der Waals surface area contributed by atoms with Crippen LogP contribution in [0.1, 0.15) is 18.4 Å². The first-order valence-corrected chi connectivity index (χ1v) is 9.25. The van der Waals surface area contributed by atoms with Crippen LogP contribution in [-0.2, 0) is 11.0 Å². The van der Waals surface area contributed by atoms with Crippen LogP contribution in [0.4, 0.5) is 19.0 Å². The normalized spacial score (nSPS) is 22.5. The van der Waals surface area contributed by atoms with Gasteiger partial charge in [-0.2, -0.15) is 24.9 Å². The molecule has 1 amide bonds. The largest absolute Gasteiger partial charge is 0.417 e. The summed E-state index contributed by atoms with van der Waals surface area (Å²) in [6.07, 6.45) is -1.83. The summed E-state index contributed by atoms with van der Waals surface area (Å²) < 4.78 is 37.9. The molecule has 2 saturated heterocycles. The summed E-state index contributed by atoms with van der Waals surface area (Å²) in [5, 5.41) is 0. The Balaban J connectivity index is 1.65. The molecule has 2 fully saturated rings. The van der Waals surface area contributed by atoms with Gasteiger partial charge in [0.2, 0.25) is 5.91 Å². The van der Waals surface area contributed by atoms with E-state index in [2.05, 4.69) is 4.98 Å². The molecule has 0 saturated carbocycles. The highest BCUT2D eigenvalue weighted by atomic mass is 32.2. The van der Waals surface area contributed by atoms with Crippen molar-refractivity contribution in [1.29, 1.82) is 0 Å². The van der Waals surface area contributed by atoms with E-state index in [1.54, 1.807) is 0 Å². The van der Waals surface area contributed by atoms with Crippen LogP contribution >= 0.6 is 11.8 Å². The molecule has 1 aromatic heterocycles. The summed E-state index contributed by atoms with van der Waals surface area (Å²) in [6.45, 7) is 2.83. The minimum absolute atomic E-state index is 0.0917. The van der Waals surface area contributed by atoms with E-state index >= 15 is 0 Å². The van der Waals surface area contributed by atoms with E-state index in [4.69, 9.17) is 0 Å². The third kappa shape index (κ3) is 3.96. The van der Waals surface area contributed by atoms with E-state index in [0.29, 0.717) is 12.4 Å². The number of pyridine rings is 1. The average molecular weight is 359 g/mol. The first-order chi connectivity index (χ1) is 11.4. The van der Waals surface area contributed by atoms with Crippen molar-refractivity contribution in [2.24, 2.45) is 5.92 Å². The number of hydrogen-bond acceptors (Lipinski definition) is 4. The lowest BCUT2D eigenvalue weighted by molar-refractivity contribution is -0.138. The van der Waals surface area contributed by atoms with Gasteiger partial charge in [0.25, 0.3) is 0 Å². The smallest absolute Gasteiger partial charge is 0.356 e. The standard InChI is InChI=1S/C16H20F3N3OS/c17-16(18,19)13-3-4-14(20-10-13)22-5-1-2-12(11-22)15(23)21-6-8-24-9-7-21/h3-4,10,12H,1-2,5-9,11H2. The second kappa shape index (κ2) is 7.21. The van der Waals surface area contributed by atoms with Crippen molar-refractivity contribution in [3.05, 3.63) is 23.9 Å². The van der Waals surface area contributed by atoms with Crippen molar-refractivity contribution in [2.75, 3.05) is 42.6 Å². The number of anilines is 1. The average Bonchev–Trinajstić information content (AvgIpc) is 2.61. The van der Waals surface area contributed by atoms with Crippen LogP contribution in [0.5, 0.6) is 0 Å². The quantitative estimate of drug-likeness (QED) is 0.814. The van der Waals surface area contributed by atoms with Gasteiger partial charge in [0.05, 0.1) is 11.5 Å². The molecular formula is C16H20F3N3OS. The number of halogens is 3. The molecule has 0 radical (unpaired) electrons. The SMILES string of the molecule is O=C(C1CCCN(c2ccc(C(F)(F)F)cn2)C1)N1CCSCC1. The molecule has 2 aliphatic rings. The van der Waals surface area contributed by atoms with Gasteiger partial charge in [-0.25, -0.2) is 4.98 Å². The highest BCUT2D eigenvalue weighted by Gasteiger charge is 2.32. The van der Waals surface area contributed by atoms with Gasteiger partial charge in [-0.15, -0.1) is 0 Å². The molecule has 3 rings (SSSR count). The summed E-state index contributed by atoms with van der Waals surface area (Å²) >= 11 is 1.86. The highest BCUT2D eigenvalue weighted by molar-refractivity contribution is 7.99. The molecule has 0 spiro atoms. The lowest BCUT2D eigenvalue weighted by atomic mass is 9.96. The Morgan fingerprint density at radius 2 is 1.96 bits per heavy atom. The number of carbonyl (C=O) groups is 1. The van der Waals surface area contributed by atoms with Crippen molar-refractivity contribution in [1.82, 2.24) is 9.88 Å². The van der Waals surface area contributed by atoms with Crippen molar-refractivity contribution < 1.29 is 18.0 Å². The number of carbonyl (C=O) groups excluding carboxylic acids is 1. The maximum atomic E-state index is 12.6. The van der Waals surface area contributed by atoms with Gasteiger partial charge in [-0.1, -0.05) is 0 Å². The Morgan fingerprint density at radius 3 is 2.58 bits per heavy atom. The molecule has 1 unspecified atom stereocenters.